The van der Waals surface area contributed by atoms with Crippen molar-refractivity contribution in [2.75, 3.05) is 6.61 Å². The van der Waals surface area contributed by atoms with Crippen molar-refractivity contribution in [3.05, 3.63) is 18.0 Å². The zero-order chi connectivity index (χ0) is 11.5. The van der Waals surface area contributed by atoms with Gasteiger partial charge in [-0.1, -0.05) is 0 Å². The number of nitrogens with zero attached hydrogens (tertiary/aromatic N) is 2. The molecular weight excluding hydrogens is 202 g/mol. The minimum atomic E-state index is 0.361. The first-order valence-electron chi connectivity index (χ1n) is 6.06. The Morgan fingerprint density at radius 3 is 2.94 bits per heavy atom. The van der Waals surface area contributed by atoms with Gasteiger partial charge < -0.3 is 10.1 Å². The highest BCUT2D eigenvalue weighted by Crippen LogP contribution is 2.25. The van der Waals surface area contributed by atoms with Gasteiger partial charge in [-0.15, -0.1) is 0 Å². The van der Waals surface area contributed by atoms with Crippen LogP contribution in [0.2, 0.25) is 0 Å². The van der Waals surface area contributed by atoms with Crippen molar-refractivity contribution in [3.8, 4) is 0 Å². The fourth-order valence-electron chi connectivity index (χ4n) is 2.32. The molecule has 1 fully saturated rings. The third kappa shape index (κ3) is 2.44. The molecular formula is C12H21N3O. The van der Waals surface area contributed by atoms with Gasteiger partial charge in [0.1, 0.15) is 0 Å². The van der Waals surface area contributed by atoms with Crippen LogP contribution in [-0.4, -0.2) is 28.5 Å². The molecule has 4 nitrogen and oxygen atoms in total. The third-order valence-electron chi connectivity index (χ3n) is 3.29. The van der Waals surface area contributed by atoms with Gasteiger partial charge in [0.2, 0.25) is 0 Å². The molecule has 1 heterocycles. The average Bonchev–Trinajstić information content (AvgIpc) is 2.61. The van der Waals surface area contributed by atoms with Crippen molar-refractivity contribution in [2.45, 2.75) is 44.9 Å². The molecule has 4 heteroatoms. The molecule has 2 rings (SSSR count). The van der Waals surface area contributed by atoms with Gasteiger partial charge in [0.15, 0.2) is 0 Å². The number of nitrogens with one attached hydrogen (secondary N) is 1. The van der Waals surface area contributed by atoms with Crippen LogP contribution in [0.1, 0.15) is 38.4 Å². The standard InChI is InChI=1S/C12H21N3O/c1-4-16-11-7-10(8-11)14-9(2)12-5-6-13-15(12)3/h5-6,9-11,14H,4,7-8H2,1-3H3. The summed E-state index contributed by atoms with van der Waals surface area (Å²) in [5, 5.41) is 7.79. The first-order chi connectivity index (χ1) is 7.70. The summed E-state index contributed by atoms with van der Waals surface area (Å²) in [6.45, 7) is 5.07. The third-order valence-corrected chi connectivity index (χ3v) is 3.29. The molecule has 0 spiro atoms. The molecule has 0 radical (unpaired) electrons. The van der Waals surface area contributed by atoms with E-state index in [1.54, 1.807) is 0 Å². The predicted octanol–water partition coefficient (Wildman–Crippen LogP) is 1.64. The fraction of sp³-hybridized carbons (Fsp3) is 0.750. The Morgan fingerprint density at radius 1 is 1.62 bits per heavy atom. The van der Waals surface area contributed by atoms with E-state index in [-0.39, 0.29) is 0 Å². The molecule has 1 aromatic heterocycles. The Hall–Kier alpha value is -0.870. The van der Waals surface area contributed by atoms with Crippen LogP contribution in [0.25, 0.3) is 0 Å². The normalized spacial score (nSPS) is 26.4. The highest BCUT2D eigenvalue weighted by atomic mass is 16.5. The summed E-state index contributed by atoms with van der Waals surface area (Å²) in [6, 6.07) is 3.03. The van der Waals surface area contributed by atoms with Gasteiger partial charge in [-0.05, 0) is 32.8 Å². The van der Waals surface area contributed by atoms with Crippen LogP contribution in [0.3, 0.4) is 0 Å². The van der Waals surface area contributed by atoms with Crippen LogP contribution >= 0.6 is 0 Å². The van der Waals surface area contributed by atoms with Crippen LogP contribution in [0.4, 0.5) is 0 Å². The van der Waals surface area contributed by atoms with Gasteiger partial charge in [-0.25, -0.2) is 0 Å². The molecule has 90 valence electrons. The Bertz CT molecular complexity index is 331. The number of aryl methyl sites for hydroxylation is 1. The van der Waals surface area contributed by atoms with Gasteiger partial charge in [-0.2, -0.15) is 5.10 Å². The van der Waals surface area contributed by atoms with Crippen LogP contribution in [0.5, 0.6) is 0 Å². The molecule has 1 aromatic rings. The van der Waals surface area contributed by atoms with Crippen LogP contribution in [0.15, 0.2) is 12.3 Å². The number of hydrogen-bond donors (Lipinski definition) is 1. The Labute approximate surface area is 97.0 Å². The second-order valence-corrected chi connectivity index (χ2v) is 4.51. The Morgan fingerprint density at radius 2 is 2.38 bits per heavy atom. The van der Waals surface area contributed by atoms with Gasteiger partial charge in [0.25, 0.3) is 0 Å². The summed E-state index contributed by atoms with van der Waals surface area (Å²) in [6.07, 6.45) is 4.59. The van der Waals surface area contributed by atoms with E-state index in [4.69, 9.17) is 4.74 Å². The van der Waals surface area contributed by atoms with E-state index in [0.717, 1.165) is 19.4 Å². The van der Waals surface area contributed by atoms with Crippen molar-refractivity contribution in [2.24, 2.45) is 7.05 Å². The molecule has 1 aliphatic carbocycles. The fourth-order valence-corrected chi connectivity index (χ4v) is 2.32. The highest BCUT2D eigenvalue weighted by Gasteiger charge is 2.30. The summed E-state index contributed by atoms with van der Waals surface area (Å²) in [5.74, 6) is 0. The summed E-state index contributed by atoms with van der Waals surface area (Å²) >= 11 is 0. The topological polar surface area (TPSA) is 39.1 Å². The number of aromatic nitrogens is 2. The van der Waals surface area contributed by atoms with E-state index in [9.17, 15) is 0 Å². The van der Waals surface area contributed by atoms with E-state index >= 15 is 0 Å². The van der Waals surface area contributed by atoms with Crippen LogP contribution < -0.4 is 5.32 Å². The molecule has 1 aliphatic rings. The average molecular weight is 223 g/mol. The molecule has 0 aromatic carbocycles. The zero-order valence-corrected chi connectivity index (χ0v) is 10.3. The molecule has 1 unspecified atom stereocenters. The van der Waals surface area contributed by atoms with E-state index in [2.05, 4.69) is 30.3 Å². The molecule has 1 saturated carbocycles. The molecule has 1 N–H and O–H groups in total. The second-order valence-electron chi connectivity index (χ2n) is 4.51. The van der Waals surface area contributed by atoms with Crippen molar-refractivity contribution >= 4 is 0 Å². The van der Waals surface area contributed by atoms with Gasteiger partial charge in [-0.3, -0.25) is 4.68 Å². The van der Waals surface area contributed by atoms with Crippen molar-refractivity contribution in [1.82, 2.24) is 15.1 Å². The minimum Gasteiger partial charge on any atom is -0.378 e. The smallest absolute Gasteiger partial charge is 0.0604 e. The maximum Gasteiger partial charge on any atom is 0.0604 e. The minimum absolute atomic E-state index is 0.361. The lowest BCUT2D eigenvalue weighted by Crippen LogP contribution is -2.46. The van der Waals surface area contributed by atoms with Crippen molar-refractivity contribution in [3.63, 3.8) is 0 Å². The number of rotatable bonds is 5. The number of ether oxygens (including phenoxy) is 1. The maximum absolute atomic E-state index is 5.55. The predicted molar refractivity (Wildman–Crippen MR) is 63.2 cm³/mol. The Balaban J connectivity index is 1.77. The second kappa shape index (κ2) is 4.97. The van der Waals surface area contributed by atoms with E-state index in [0.29, 0.717) is 18.2 Å². The summed E-state index contributed by atoms with van der Waals surface area (Å²) < 4.78 is 7.47. The number of hydrogen-bond acceptors (Lipinski definition) is 3. The lowest BCUT2D eigenvalue weighted by Gasteiger charge is -2.37. The molecule has 1 atom stereocenters. The zero-order valence-electron chi connectivity index (χ0n) is 10.3. The van der Waals surface area contributed by atoms with E-state index in [1.807, 2.05) is 17.9 Å². The molecule has 0 amide bonds. The molecule has 16 heavy (non-hydrogen) atoms. The first kappa shape index (κ1) is 11.6. The van der Waals surface area contributed by atoms with Gasteiger partial charge in [0, 0.05) is 31.9 Å². The maximum atomic E-state index is 5.55. The lowest BCUT2D eigenvalue weighted by atomic mass is 9.88. The van der Waals surface area contributed by atoms with E-state index in [1.165, 1.54) is 5.69 Å². The summed E-state index contributed by atoms with van der Waals surface area (Å²) in [4.78, 5) is 0. The molecule has 0 saturated heterocycles. The van der Waals surface area contributed by atoms with Crippen molar-refractivity contribution < 1.29 is 4.74 Å². The summed E-state index contributed by atoms with van der Waals surface area (Å²) in [5.41, 5.74) is 1.24. The van der Waals surface area contributed by atoms with Crippen LogP contribution in [0, 0.1) is 0 Å². The van der Waals surface area contributed by atoms with Crippen LogP contribution in [-0.2, 0) is 11.8 Å². The quantitative estimate of drug-likeness (QED) is 0.824. The van der Waals surface area contributed by atoms with E-state index < -0.39 is 0 Å². The summed E-state index contributed by atoms with van der Waals surface area (Å²) in [7, 11) is 1.98. The first-order valence-corrected chi connectivity index (χ1v) is 6.06. The van der Waals surface area contributed by atoms with Gasteiger partial charge in [0.05, 0.1) is 11.8 Å². The van der Waals surface area contributed by atoms with Gasteiger partial charge >= 0.3 is 0 Å². The largest absolute Gasteiger partial charge is 0.378 e. The molecule has 0 aliphatic heterocycles. The molecule has 0 bridgehead atoms. The lowest BCUT2D eigenvalue weighted by molar-refractivity contribution is -0.0122. The van der Waals surface area contributed by atoms with Crippen molar-refractivity contribution in [1.29, 1.82) is 0 Å². The monoisotopic (exact) mass is 223 g/mol. The highest BCUT2D eigenvalue weighted by molar-refractivity contribution is 5.06. The Kier molecular flexibility index (Phi) is 3.61. The SMILES string of the molecule is CCOC1CC(NC(C)c2ccnn2C)C1.